The molecule has 0 radical (unpaired) electrons. The van der Waals surface area contributed by atoms with Gasteiger partial charge in [-0.05, 0) is 30.2 Å². The Hall–Kier alpha value is -0.380. The summed E-state index contributed by atoms with van der Waals surface area (Å²) in [7, 11) is 0. The molecule has 4 heteroatoms. The molecular weight excluding hydrogens is 382 g/mol. The molecule has 2 rings (SSSR count). The SMILES string of the molecule is Fc1cccc(Br)c1C(Br)Cc1ccccc1Cl. The number of halogens is 4. The van der Waals surface area contributed by atoms with Gasteiger partial charge < -0.3 is 0 Å². The summed E-state index contributed by atoms with van der Waals surface area (Å²) in [5.41, 5.74) is 1.62. The van der Waals surface area contributed by atoms with Crippen LogP contribution in [0.3, 0.4) is 0 Å². The quantitative estimate of drug-likeness (QED) is 0.569. The van der Waals surface area contributed by atoms with E-state index in [2.05, 4.69) is 31.9 Å². The van der Waals surface area contributed by atoms with E-state index in [0.29, 0.717) is 17.0 Å². The minimum absolute atomic E-state index is 0.118. The largest absolute Gasteiger partial charge is 0.207 e. The molecule has 0 saturated heterocycles. The van der Waals surface area contributed by atoms with E-state index >= 15 is 0 Å². The van der Waals surface area contributed by atoms with Crippen molar-refractivity contribution < 1.29 is 4.39 Å². The van der Waals surface area contributed by atoms with Crippen molar-refractivity contribution in [3.05, 3.63) is 68.9 Å². The van der Waals surface area contributed by atoms with E-state index in [1.165, 1.54) is 6.07 Å². The van der Waals surface area contributed by atoms with Crippen LogP contribution in [-0.2, 0) is 6.42 Å². The van der Waals surface area contributed by atoms with Crippen LogP contribution in [0.5, 0.6) is 0 Å². The van der Waals surface area contributed by atoms with Crippen molar-refractivity contribution in [1.82, 2.24) is 0 Å². The Labute approximate surface area is 127 Å². The highest BCUT2D eigenvalue weighted by Gasteiger charge is 2.17. The van der Waals surface area contributed by atoms with Crippen molar-refractivity contribution >= 4 is 43.5 Å². The first-order valence-electron chi connectivity index (χ1n) is 5.41. The van der Waals surface area contributed by atoms with Gasteiger partial charge in [0.15, 0.2) is 0 Å². The molecule has 0 aliphatic rings. The maximum absolute atomic E-state index is 13.8. The molecule has 0 nitrogen and oxygen atoms in total. The zero-order valence-electron chi connectivity index (χ0n) is 9.34. The first kappa shape index (κ1) is 14.0. The molecule has 94 valence electrons. The van der Waals surface area contributed by atoms with Gasteiger partial charge >= 0.3 is 0 Å². The molecule has 0 fully saturated rings. The second kappa shape index (κ2) is 6.18. The highest BCUT2D eigenvalue weighted by molar-refractivity contribution is 9.11. The van der Waals surface area contributed by atoms with Gasteiger partial charge in [0.25, 0.3) is 0 Å². The summed E-state index contributed by atoms with van der Waals surface area (Å²) in [6, 6.07) is 12.6. The first-order chi connectivity index (χ1) is 8.59. The van der Waals surface area contributed by atoms with Crippen LogP contribution in [0.1, 0.15) is 16.0 Å². The number of hydrogen-bond donors (Lipinski definition) is 0. The molecule has 1 atom stereocenters. The van der Waals surface area contributed by atoms with Gasteiger partial charge in [-0.2, -0.15) is 0 Å². The summed E-state index contributed by atoms with van der Waals surface area (Å²) in [5, 5.41) is 0.703. The summed E-state index contributed by atoms with van der Waals surface area (Å²) in [6.45, 7) is 0. The van der Waals surface area contributed by atoms with Crippen LogP contribution in [0.4, 0.5) is 4.39 Å². The van der Waals surface area contributed by atoms with Gasteiger partial charge in [-0.1, -0.05) is 67.7 Å². The highest BCUT2D eigenvalue weighted by Crippen LogP contribution is 2.35. The lowest BCUT2D eigenvalue weighted by atomic mass is 10.0. The predicted molar refractivity (Wildman–Crippen MR) is 80.9 cm³/mol. The van der Waals surface area contributed by atoms with Gasteiger partial charge in [0.05, 0.1) is 0 Å². The third-order valence-electron chi connectivity index (χ3n) is 2.67. The van der Waals surface area contributed by atoms with E-state index in [4.69, 9.17) is 11.6 Å². The van der Waals surface area contributed by atoms with Crippen LogP contribution >= 0.6 is 43.5 Å². The summed E-state index contributed by atoms with van der Waals surface area (Å²) in [5.74, 6) is -0.224. The van der Waals surface area contributed by atoms with Crippen molar-refractivity contribution in [3.8, 4) is 0 Å². The standard InChI is InChI=1S/C14H10Br2ClF/c15-10-5-3-7-13(18)14(10)11(16)8-9-4-1-2-6-12(9)17/h1-7,11H,8H2. The molecule has 0 aliphatic carbocycles. The molecule has 0 saturated carbocycles. The Bertz CT molecular complexity index is 537. The van der Waals surface area contributed by atoms with Crippen LogP contribution in [0, 0.1) is 5.82 Å². The van der Waals surface area contributed by atoms with Crippen LogP contribution in [-0.4, -0.2) is 0 Å². The van der Waals surface area contributed by atoms with Crippen molar-refractivity contribution in [3.63, 3.8) is 0 Å². The van der Waals surface area contributed by atoms with Crippen molar-refractivity contribution in [2.24, 2.45) is 0 Å². The molecular formula is C14H10Br2ClF. The first-order valence-corrected chi connectivity index (χ1v) is 7.49. The maximum atomic E-state index is 13.8. The fourth-order valence-electron chi connectivity index (χ4n) is 1.77. The summed E-state index contributed by atoms with van der Waals surface area (Å²) >= 11 is 13.0. The summed E-state index contributed by atoms with van der Waals surface area (Å²) < 4.78 is 14.6. The lowest BCUT2D eigenvalue weighted by Gasteiger charge is -2.14. The van der Waals surface area contributed by atoms with Gasteiger partial charge in [0.2, 0.25) is 0 Å². The topological polar surface area (TPSA) is 0 Å². The Kier molecular flexibility index (Phi) is 4.82. The number of rotatable bonds is 3. The van der Waals surface area contributed by atoms with E-state index in [-0.39, 0.29) is 10.6 Å². The zero-order chi connectivity index (χ0) is 13.1. The van der Waals surface area contributed by atoms with Gasteiger partial charge in [0.1, 0.15) is 5.82 Å². The van der Waals surface area contributed by atoms with Gasteiger partial charge in [-0.3, -0.25) is 0 Å². The third-order valence-corrected chi connectivity index (χ3v) is 4.51. The second-order valence-corrected chi connectivity index (χ2v) is 6.27. The Morgan fingerprint density at radius 1 is 1.11 bits per heavy atom. The molecule has 0 aromatic heterocycles. The minimum atomic E-state index is -0.224. The van der Waals surface area contributed by atoms with E-state index in [0.717, 1.165) is 10.0 Å². The molecule has 0 heterocycles. The van der Waals surface area contributed by atoms with Crippen molar-refractivity contribution in [1.29, 1.82) is 0 Å². The van der Waals surface area contributed by atoms with Crippen molar-refractivity contribution in [2.75, 3.05) is 0 Å². The Morgan fingerprint density at radius 3 is 2.50 bits per heavy atom. The molecule has 0 amide bonds. The summed E-state index contributed by atoms with van der Waals surface area (Å²) in [6.07, 6.45) is 0.638. The molecule has 0 N–H and O–H groups in total. The van der Waals surface area contributed by atoms with E-state index in [1.807, 2.05) is 30.3 Å². The number of alkyl halides is 1. The van der Waals surface area contributed by atoms with Gasteiger partial charge in [0, 0.05) is 19.9 Å². The predicted octanol–water partition coefficient (Wildman–Crippen LogP) is 5.92. The average Bonchev–Trinajstić information content (AvgIpc) is 2.32. The zero-order valence-corrected chi connectivity index (χ0v) is 13.3. The van der Waals surface area contributed by atoms with E-state index in [1.54, 1.807) is 6.07 Å². The molecule has 2 aromatic rings. The fourth-order valence-corrected chi connectivity index (χ4v) is 3.72. The number of benzene rings is 2. The molecule has 2 aromatic carbocycles. The van der Waals surface area contributed by atoms with Gasteiger partial charge in [-0.15, -0.1) is 0 Å². The lowest BCUT2D eigenvalue weighted by molar-refractivity contribution is 0.606. The lowest BCUT2D eigenvalue weighted by Crippen LogP contribution is -2.00. The second-order valence-electron chi connectivity index (χ2n) is 3.90. The average molecular weight is 392 g/mol. The van der Waals surface area contributed by atoms with Crippen LogP contribution < -0.4 is 0 Å². The van der Waals surface area contributed by atoms with Crippen LogP contribution in [0.2, 0.25) is 5.02 Å². The molecule has 0 spiro atoms. The fraction of sp³-hybridized carbons (Fsp3) is 0.143. The normalized spacial score (nSPS) is 12.4. The monoisotopic (exact) mass is 390 g/mol. The Balaban J connectivity index is 2.28. The molecule has 18 heavy (non-hydrogen) atoms. The molecule has 1 unspecified atom stereocenters. The van der Waals surface area contributed by atoms with Crippen LogP contribution in [0.15, 0.2) is 46.9 Å². The highest BCUT2D eigenvalue weighted by atomic mass is 79.9. The van der Waals surface area contributed by atoms with Crippen LogP contribution in [0.25, 0.3) is 0 Å². The molecule has 0 bridgehead atoms. The molecule has 0 aliphatic heterocycles. The Morgan fingerprint density at radius 2 is 1.83 bits per heavy atom. The van der Waals surface area contributed by atoms with E-state index < -0.39 is 0 Å². The van der Waals surface area contributed by atoms with Crippen molar-refractivity contribution in [2.45, 2.75) is 11.2 Å². The smallest absolute Gasteiger partial charge is 0.128 e. The maximum Gasteiger partial charge on any atom is 0.128 e. The summed E-state index contributed by atoms with van der Waals surface area (Å²) in [4.78, 5) is -0.118. The van der Waals surface area contributed by atoms with E-state index in [9.17, 15) is 4.39 Å². The third kappa shape index (κ3) is 3.14. The number of hydrogen-bond acceptors (Lipinski definition) is 0. The minimum Gasteiger partial charge on any atom is -0.207 e. The van der Waals surface area contributed by atoms with Gasteiger partial charge in [-0.25, -0.2) is 4.39 Å².